The monoisotopic (exact) mass is 521 g/mol. The normalized spacial score (nSPS) is 21.5. The topological polar surface area (TPSA) is 94.6 Å². The van der Waals surface area contributed by atoms with E-state index in [-0.39, 0.29) is 46.6 Å². The van der Waals surface area contributed by atoms with Crippen LogP contribution in [0.1, 0.15) is 7.79 Å². The van der Waals surface area contributed by atoms with Crippen molar-refractivity contribution in [3.05, 3.63) is 30.2 Å². The van der Waals surface area contributed by atoms with Crippen molar-refractivity contribution >= 4 is 22.5 Å². The van der Waals surface area contributed by atoms with Crippen molar-refractivity contribution in [2.45, 2.75) is 37.6 Å². The number of benzene rings is 1. The second-order valence-electron chi connectivity index (χ2n) is 9.11. The van der Waals surface area contributed by atoms with E-state index in [1.807, 2.05) is 0 Å². The second-order valence-corrected chi connectivity index (χ2v) is 9.11. The highest BCUT2D eigenvalue weighted by Gasteiger charge is 2.36. The first-order chi connectivity index (χ1) is 18.3. The molecule has 5 heterocycles. The Bertz CT molecular complexity index is 1490. The quantitative estimate of drug-likeness (QED) is 0.371. The van der Waals surface area contributed by atoms with Gasteiger partial charge < -0.3 is 14.8 Å². The smallest absolute Gasteiger partial charge is 0.258 e. The number of aromatic nitrogens is 6. The number of hydrogen-bond acceptors (Lipinski definition) is 8. The number of nitrogens with one attached hydrogen (secondary N) is 1. The number of anilines is 1. The van der Waals surface area contributed by atoms with Crippen LogP contribution in [0, 0.1) is 5.82 Å². The summed E-state index contributed by atoms with van der Waals surface area (Å²) in [6, 6.07) is 4.20. The van der Waals surface area contributed by atoms with Crippen LogP contribution in [0.4, 0.5) is 23.5 Å². The van der Waals surface area contributed by atoms with Crippen LogP contribution in [0.15, 0.2) is 24.4 Å². The van der Waals surface area contributed by atoms with Gasteiger partial charge in [-0.3, -0.25) is 4.90 Å². The van der Waals surface area contributed by atoms with Crippen LogP contribution in [0.3, 0.4) is 0 Å². The SMILES string of the molecule is [2H]c1c(F)c(-c2ccc3nnn(CC(F)F)c3c2)c2c(OC)nc(N[C@@H]3CCN(C4COC4)C[C@H]3F)nn12. The average molecular weight is 521 g/mol. The van der Waals surface area contributed by atoms with E-state index in [9.17, 15) is 13.2 Å². The van der Waals surface area contributed by atoms with Gasteiger partial charge in [-0.2, -0.15) is 4.98 Å². The lowest BCUT2D eigenvalue weighted by atomic mass is 10.0. The molecule has 0 unspecified atom stereocenters. The summed E-state index contributed by atoms with van der Waals surface area (Å²) in [6.45, 7) is 1.46. The molecule has 2 saturated heterocycles. The summed E-state index contributed by atoms with van der Waals surface area (Å²) >= 11 is 0. The van der Waals surface area contributed by atoms with Gasteiger partial charge in [0.25, 0.3) is 6.43 Å². The minimum Gasteiger partial charge on any atom is -0.479 e. The van der Waals surface area contributed by atoms with Crippen molar-refractivity contribution in [3.63, 3.8) is 0 Å². The van der Waals surface area contributed by atoms with Crippen LogP contribution in [0.2, 0.25) is 0 Å². The van der Waals surface area contributed by atoms with E-state index in [2.05, 4.69) is 30.6 Å². The van der Waals surface area contributed by atoms with E-state index in [1.54, 1.807) is 6.07 Å². The molecule has 0 saturated carbocycles. The Kier molecular flexibility index (Phi) is 5.76. The van der Waals surface area contributed by atoms with E-state index in [4.69, 9.17) is 10.8 Å². The Morgan fingerprint density at radius 1 is 1.32 bits per heavy atom. The number of piperidine rings is 1. The highest BCUT2D eigenvalue weighted by Crippen LogP contribution is 2.35. The maximum atomic E-state index is 15.5. The standard InChI is InChI=1S/C23H24F4N8O2/c1-36-22-21-20(12-2-3-17-18(6-12)34(32-30-17)9-19(26)27)15(25)8-35(21)31-23(29-22)28-16-4-5-33(7-14(16)24)13-10-37-11-13/h2-3,6,8,13-14,16,19H,4-5,7,9-11H2,1H3,(H,28,31)/t14-,16-/m1/s1/i8D. The third-order valence-electron chi connectivity index (χ3n) is 6.81. The number of likely N-dealkylation sites (tertiary alicyclic amines) is 1. The number of nitrogens with zero attached hydrogens (tertiary/aromatic N) is 7. The van der Waals surface area contributed by atoms with Crippen molar-refractivity contribution in [3.8, 4) is 17.0 Å². The number of ether oxygens (including phenoxy) is 2. The lowest BCUT2D eigenvalue weighted by Crippen LogP contribution is -2.57. The van der Waals surface area contributed by atoms with Crippen molar-refractivity contribution in [1.29, 1.82) is 0 Å². The molecule has 196 valence electrons. The molecule has 0 spiro atoms. The van der Waals surface area contributed by atoms with E-state index in [1.165, 1.54) is 19.2 Å². The summed E-state index contributed by atoms with van der Waals surface area (Å²) in [5.41, 5.74) is 0.951. The van der Waals surface area contributed by atoms with Gasteiger partial charge in [0, 0.05) is 13.1 Å². The summed E-state index contributed by atoms with van der Waals surface area (Å²) in [6.07, 6.45) is -3.91. The first kappa shape index (κ1) is 22.7. The molecule has 6 rings (SSSR count). The van der Waals surface area contributed by atoms with Crippen LogP contribution >= 0.6 is 0 Å². The van der Waals surface area contributed by atoms with Crippen LogP contribution in [-0.4, -0.2) is 92.6 Å². The molecular formula is C23H24F4N8O2. The van der Waals surface area contributed by atoms with Gasteiger partial charge >= 0.3 is 0 Å². The lowest BCUT2D eigenvalue weighted by Gasteiger charge is -2.42. The molecule has 2 aliphatic heterocycles. The van der Waals surface area contributed by atoms with Crippen molar-refractivity contribution in [2.75, 3.05) is 38.7 Å². The van der Waals surface area contributed by atoms with Crippen LogP contribution < -0.4 is 10.1 Å². The molecule has 3 aromatic heterocycles. The fourth-order valence-corrected chi connectivity index (χ4v) is 4.83. The molecule has 2 aliphatic rings. The summed E-state index contributed by atoms with van der Waals surface area (Å²) in [5, 5.41) is 14.9. The molecule has 10 nitrogen and oxygen atoms in total. The van der Waals surface area contributed by atoms with Gasteiger partial charge in [0.05, 0.1) is 51.0 Å². The number of halogens is 4. The number of methoxy groups -OCH3 is 1. The van der Waals surface area contributed by atoms with Crippen LogP contribution in [-0.2, 0) is 11.3 Å². The number of hydrogen-bond donors (Lipinski definition) is 1. The Labute approximate surface area is 209 Å². The third-order valence-corrected chi connectivity index (χ3v) is 6.81. The zero-order valence-corrected chi connectivity index (χ0v) is 19.7. The van der Waals surface area contributed by atoms with Gasteiger partial charge in [0.2, 0.25) is 11.8 Å². The summed E-state index contributed by atoms with van der Waals surface area (Å²) in [5.74, 6) is -0.942. The van der Waals surface area contributed by atoms with Gasteiger partial charge in [-0.15, -0.1) is 10.2 Å². The molecular weight excluding hydrogens is 496 g/mol. The highest BCUT2D eigenvalue weighted by molar-refractivity contribution is 5.89. The number of fused-ring (bicyclic) bond motifs is 2. The van der Waals surface area contributed by atoms with Gasteiger partial charge in [0.1, 0.15) is 23.7 Å². The van der Waals surface area contributed by atoms with Gasteiger partial charge in [-0.05, 0) is 24.1 Å². The van der Waals surface area contributed by atoms with Gasteiger partial charge in [0.15, 0.2) is 5.82 Å². The van der Waals surface area contributed by atoms with Crippen LogP contribution in [0.5, 0.6) is 5.88 Å². The first-order valence-electron chi connectivity index (χ1n) is 12.3. The summed E-state index contributed by atoms with van der Waals surface area (Å²) < 4.78 is 77.5. The summed E-state index contributed by atoms with van der Waals surface area (Å²) in [4.78, 5) is 6.40. The molecule has 0 bridgehead atoms. The molecule has 1 N–H and O–H groups in total. The Hall–Kier alpha value is -3.52. The van der Waals surface area contributed by atoms with Gasteiger partial charge in [-0.25, -0.2) is 26.8 Å². The molecule has 37 heavy (non-hydrogen) atoms. The van der Waals surface area contributed by atoms with E-state index >= 15 is 4.39 Å². The zero-order valence-electron chi connectivity index (χ0n) is 20.7. The van der Waals surface area contributed by atoms with E-state index < -0.39 is 37.2 Å². The minimum absolute atomic E-state index is 0.00728. The molecule has 2 atom stereocenters. The molecule has 14 heteroatoms. The molecule has 2 fully saturated rings. The Morgan fingerprint density at radius 2 is 2.16 bits per heavy atom. The van der Waals surface area contributed by atoms with Gasteiger partial charge in [-0.1, -0.05) is 11.3 Å². The predicted molar refractivity (Wildman–Crippen MR) is 125 cm³/mol. The number of rotatable bonds is 7. The zero-order chi connectivity index (χ0) is 26.6. The fraction of sp³-hybridized carbons (Fsp3) is 0.478. The van der Waals surface area contributed by atoms with Crippen LogP contribution in [0.25, 0.3) is 27.7 Å². The third kappa shape index (κ3) is 4.33. The van der Waals surface area contributed by atoms with Crippen molar-refractivity contribution < 1.29 is 28.4 Å². The fourth-order valence-electron chi connectivity index (χ4n) is 4.83. The molecule has 0 amide bonds. The predicted octanol–water partition coefficient (Wildman–Crippen LogP) is 2.78. The first-order valence-corrected chi connectivity index (χ1v) is 11.8. The maximum absolute atomic E-state index is 15.5. The summed E-state index contributed by atoms with van der Waals surface area (Å²) in [7, 11) is 1.34. The highest BCUT2D eigenvalue weighted by atomic mass is 19.3. The maximum Gasteiger partial charge on any atom is 0.258 e. The molecule has 0 aliphatic carbocycles. The van der Waals surface area contributed by atoms with Crippen molar-refractivity contribution in [1.82, 2.24) is 34.5 Å². The van der Waals surface area contributed by atoms with E-state index in [0.29, 0.717) is 31.7 Å². The van der Waals surface area contributed by atoms with E-state index in [0.717, 1.165) is 9.20 Å². The van der Waals surface area contributed by atoms with Crippen molar-refractivity contribution in [2.24, 2.45) is 0 Å². The Balaban J connectivity index is 1.35. The molecule has 1 aromatic carbocycles. The largest absolute Gasteiger partial charge is 0.479 e. The Morgan fingerprint density at radius 3 is 2.86 bits per heavy atom. The second kappa shape index (κ2) is 9.41. The lowest BCUT2D eigenvalue weighted by molar-refractivity contribution is -0.0794. The minimum atomic E-state index is -2.65. The average Bonchev–Trinajstić information content (AvgIpc) is 3.36. The molecule has 4 aromatic rings. The number of alkyl halides is 3. The molecule has 0 radical (unpaired) electrons.